The third-order valence-electron chi connectivity index (χ3n) is 4.15. The number of rotatable bonds is 13. The Morgan fingerprint density at radius 3 is 2.00 bits per heavy atom. The number of thiophene rings is 1. The lowest BCUT2D eigenvalue weighted by molar-refractivity contribution is 0.479. The van der Waals surface area contributed by atoms with Gasteiger partial charge in [-0.1, -0.05) is 71.1 Å². The Hall–Kier alpha value is -0.380. The Kier molecular flexibility index (Phi) is 10.8. The van der Waals surface area contributed by atoms with E-state index >= 15 is 0 Å². The number of nitrogens with one attached hydrogen (secondary N) is 1. The molecule has 21 heavy (non-hydrogen) atoms. The highest BCUT2D eigenvalue weighted by atomic mass is 32.1. The van der Waals surface area contributed by atoms with Crippen LogP contribution in [0.5, 0.6) is 0 Å². The van der Waals surface area contributed by atoms with Gasteiger partial charge in [0.05, 0.1) is 6.04 Å². The smallest absolute Gasteiger partial charge is 0.0553 e. The molecule has 1 aromatic heterocycles. The zero-order valence-corrected chi connectivity index (χ0v) is 14.8. The summed E-state index contributed by atoms with van der Waals surface area (Å²) in [7, 11) is 0. The predicted octanol–water partition coefficient (Wildman–Crippen LogP) is 5.87. The maximum Gasteiger partial charge on any atom is 0.0553 e. The van der Waals surface area contributed by atoms with E-state index in [-0.39, 0.29) is 0 Å². The molecule has 0 amide bonds. The summed E-state index contributed by atoms with van der Waals surface area (Å²) in [5, 5.41) is 0. The van der Waals surface area contributed by atoms with Gasteiger partial charge in [-0.3, -0.25) is 11.3 Å². The van der Waals surface area contributed by atoms with Crippen molar-refractivity contribution in [1.82, 2.24) is 5.43 Å². The Labute approximate surface area is 135 Å². The molecule has 0 aliphatic carbocycles. The van der Waals surface area contributed by atoms with E-state index in [9.17, 15) is 0 Å². The molecule has 1 heterocycles. The van der Waals surface area contributed by atoms with E-state index in [1.54, 1.807) is 0 Å². The van der Waals surface area contributed by atoms with Crippen LogP contribution in [0.2, 0.25) is 0 Å². The van der Waals surface area contributed by atoms with Crippen LogP contribution in [0.15, 0.2) is 12.1 Å². The van der Waals surface area contributed by atoms with E-state index in [0.29, 0.717) is 6.04 Å². The molecule has 122 valence electrons. The fraction of sp³-hybridized carbons (Fsp3) is 0.778. The minimum atomic E-state index is 0.345. The van der Waals surface area contributed by atoms with Crippen LogP contribution in [0.1, 0.15) is 93.3 Å². The van der Waals surface area contributed by atoms with Gasteiger partial charge in [-0.25, -0.2) is 0 Å². The predicted molar refractivity (Wildman–Crippen MR) is 95.6 cm³/mol. The molecular formula is C18H34N2S. The van der Waals surface area contributed by atoms with Gasteiger partial charge in [0, 0.05) is 9.75 Å². The molecular weight excluding hydrogens is 276 g/mol. The SMILES string of the molecule is CCCCCCCCCCCCC(NN)c1ccc(C)s1. The zero-order chi connectivity index (χ0) is 15.3. The van der Waals surface area contributed by atoms with Gasteiger partial charge in [0.2, 0.25) is 0 Å². The van der Waals surface area contributed by atoms with E-state index in [1.807, 2.05) is 11.3 Å². The summed E-state index contributed by atoms with van der Waals surface area (Å²) in [4.78, 5) is 2.75. The lowest BCUT2D eigenvalue weighted by Crippen LogP contribution is -2.27. The first-order valence-electron chi connectivity index (χ1n) is 8.80. The molecule has 0 aromatic carbocycles. The molecule has 1 aromatic rings. The van der Waals surface area contributed by atoms with E-state index in [2.05, 4.69) is 31.4 Å². The standard InChI is InChI=1S/C18H34N2S/c1-3-4-5-6-7-8-9-10-11-12-13-17(20-19)18-15-14-16(2)21-18/h14-15,17,20H,3-13,19H2,1-2H3. The average Bonchev–Trinajstić information content (AvgIpc) is 2.91. The minimum Gasteiger partial charge on any atom is -0.271 e. The van der Waals surface area contributed by atoms with Gasteiger partial charge in [0.15, 0.2) is 0 Å². The zero-order valence-electron chi connectivity index (χ0n) is 14.0. The number of unbranched alkanes of at least 4 members (excludes halogenated alkanes) is 9. The number of aryl methyl sites for hydroxylation is 1. The van der Waals surface area contributed by atoms with Crippen molar-refractivity contribution in [3.05, 3.63) is 21.9 Å². The normalized spacial score (nSPS) is 12.7. The number of hydrogen-bond donors (Lipinski definition) is 2. The van der Waals surface area contributed by atoms with E-state index < -0.39 is 0 Å². The average molecular weight is 311 g/mol. The Balaban J connectivity index is 1.98. The number of nitrogens with two attached hydrogens (primary N) is 1. The van der Waals surface area contributed by atoms with Crippen molar-refractivity contribution < 1.29 is 0 Å². The molecule has 0 radical (unpaired) electrons. The first-order chi connectivity index (χ1) is 10.3. The summed E-state index contributed by atoms with van der Waals surface area (Å²) in [5.41, 5.74) is 2.97. The summed E-state index contributed by atoms with van der Waals surface area (Å²) in [6.45, 7) is 4.43. The molecule has 0 aliphatic rings. The fourth-order valence-electron chi connectivity index (χ4n) is 2.78. The summed E-state index contributed by atoms with van der Waals surface area (Å²) in [6.07, 6.45) is 15.1. The van der Waals surface area contributed by atoms with Crippen LogP contribution < -0.4 is 11.3 Å². The van der Waals surface area contributed by atoms with Crippen molar-refractivity contribution in [1.29, 1.82) is 0 Å². The van der Waals surface area contributed by atoms with Crippen molar-refractivity contribution in [3.8, 4) is 0 Å². The second-order valence-corrected chi connectivity index (χ2v) is 7.46. The monoisotopic (exact) mass is 310 g/mol. The Morgan fingerprint density at radius 1 is 0.952 bits per heavy atom. The van der Waals surface area contributed by atoms with Gasteiger partial charge in [-0.15, -0.1) is 11.3 Å². The van der Waals surface area contributed by atoms with Gasteiger partial charge >= 0.3 is 0 Å². The van der Waals surface area contributed by atoms with Crippen LogP contribution in [-0.2, 0) is 0 Å². The van der Waals surface area contributed by atoms with Gasteiger partial charge in [-0.05, 0) is 25.5 Å². The molecule has 0 aliphatic heterocycles. The summed E-state index contributed by atoms with van der Waals surface area (Å²) < 4.78 is 0. The van der Waals surface area contributed by atoms with Crippen LogP contribution in [0, 0.1) is 6.92 Å². The fourth-order valence-corrected chi connectivity index (χ4v) is 3.76. The highest BCUT2D eigenvalue weighted by Gasteiger charge is 2.10. The molecule has 3 N–H and O–H groups in total. The van der Waals surface area contributed by atoms with Crippen LogP contribution in [0.25, 0.3) is 0 Å². The Bertz CT molecular complexity index is 349. The van der Waals surface area contributed by atoms with Crippen molar-refractivity contribution in [3.63, 3.8) is 0 Å². The molecule has 2 nitrogen and oxygen atoms in total. The van der Waals surface area contributed by atoms with Crippen LogP contribution in [0.3, 0.4) is 0 Å². The minimum absolute atomic E-state index is 0.345. The van der Waals surface area contributed by atoms with Crippen molar-refractivity contribution in [2.24, 2.45) is 5.84 Å². The second kappa shape index (κ2) is 12.2. The largest absolute Gasteiger partial charge is 0.271 e. The van der Waals surface area contributed by atoms with E-state index in [4.69, 9.17) is 5.84 Å². The second-order valence-electron chi connectivity index (χ2n) is 6.14. The molecule has 1 rings (SSSR count). The molecule has 0 fully saturated rings. The molecule has 0 spiro atoms. The molecule has 1 unspecified atom stereocenters. The van der Waals surface area contributed by atoms with Gasteiger partial charge < -0.3 is 0 Å². The van der Waals surface area contributed by atoms with Crippen LogP contribution in [-0.4, -0.2) is 0 Å². The van der Waals surface area contributed by atoms with Gasteiger partial charge in [-0.2, -0.15) is 0 Å². The first-order valence-corrected chi connectivity index (χ1v) is 9.62. The van der Waals surface area contributed by atoms with Crippen molar-refractivity contribution in [2.75, 3.05) is 0 Å². The van der Waals surface area contributed by atoms with Crippen molar-refractivity contribution >= 4 is 11.3 Å². The van der Waals surface area contributed by atoms with Crippen molar-refractivity contribution in [2.45, 2.75) is 90.5 Å². The van der Waals surface area contributed by atoms with Gasteiger partial charge in [0.1, 0.15) is 0 Å². The summed E-state index contributed by atoms with van der Waals surface area (Å²) in [6, 6.07) is 4.74. The first kappa shape index (κ1) is 18.7. The maximum atomic E-state index is 5.69. The highest BCUT2D eigenvalue weighted by Crippen LogP contribution is 2.26. The van der Waals surface area contributed by atoms with Crippen LogP contribution >= 0.6 is 11.3 Å². The third-order valence-corrected chi connectivity index (χ3v) is 5.27. The van der Waals surface area contributed by atoms with Gasteiger partial charge in [0.25, 0.3) is 0 Å². The van der Waals surface area contributed by atoms with Crippen LogP contribution in [0.4, 0.5) is 0 Å². The topological polar surface area (TPSA) is 38.0 Å². The highest BCUT2D eigenvalue weighted by molar-refractivity contribution is 7.12. The summed E-state index contributed by atoms with van der Waals surface area (Å²) in [5.74, 6) is 5.69. The number of hydrogen-bond acceptors (Lipinski definition) is 3. The molecule has 0 saturated carbocycles. The molecule has 1 atom stereocenters. The number of hydrazine groups is 1. The quantitative estimate of drug-likeness (QED) is 0.271. The summed E-state index contributed by atoms with van der Waals surface area (Å²) >= 11 is 1.86. The Morgan fingerprint density at radius 2 is 1.52 bits per heavy atom. The molecule has 0 bridgehead atoms. The molecule has 0 saturated heterocycles. The van der Waals surface area contributed by atoms with E-state index in [0.717, 1.165) is 6.42 Å². The maximum absolute atomic E-state index is 5.69. The lowest BCUT2D eigenvalue weighted by Gasteiger charge is -2.13. The lowest BCUT2D eigenvalue weighted by atomic mass is 10.0. The molecule has 3 heteroatoms. The van der Waals surface area contributed by atoms with E-state index in [1.165, 1.54) is 74.0 Å². The third kappa shape index (κ3) is 8.60.